The minimum Gasteiger partial charge on any atom is -0.118 e. The van der Waals surface area contributed by atoms with Gasteiger partial charge in [-0.25, -0.2) is 0 Å². The van der Waals surface area contributed by atoms with Crippen molar-refractivity contribution in [3.63, 3.8) is 0 Å². The van der Waals surface area contributed by atoms with Crippen LogP contribution in [0.3, 0.4) is 0 Å². The molecule has 0 saturated carbocycles. The van der Waals surface area contributed by atoms with E-state index in [1.807, 2.05) is 0 Å². The summed E-state index contributed by atoms with van der Waals surface area (Å²) < 4.78 is 0. The highest BCUT2D eigenvalue weighted by Crippen LogP contribution is 2.33. The molecule has 0 aromatic rings. The van der Waals surface area contributed by atoms with Gasteiger partial charge >= 0.3 is 0 Å². The van der Waals surface area contributed by atoms with Crippen LogP contribution < -0.4 is 0 Å². The molecule has 0 bridgehead atoms. The van der Waals surface area contributed by atoms with E-state index in [0.717, 1.165) is 6.42 Å². The second-order valence-corrected chi connectivity index (χ2v) is 5.26. The van der Waals surface area contributed by atoms with Crippen molar-refractivity contribution < 1.29 is 0 Å². The van der Waals surface area contributed by atoms with Crippen molar-refractivity contribution in [2.75, 3.05) is 0 Å². The second kappa shape index (κ2) is 3.83. The van der Waals surface area contributed by atoms with Gasteiger partial charge in [0.15, 0.2) is 0 Å². The van der Waals surface area contributed by atoms with E-state index in [0.29, 0.717) is 5.41 Å². The fourth-order valence-electron chi connectivity index (χ4n) is 1.66. The number of rotatable bonds is 0. The number of hydrogen-bond acceptors (Lipinski definition) is 0. The van der Waals surface area contributed by atoms with Crippen molar-refractivity contribution in [3.05, 3.63) is 11.6 Å². The van der Waals surface area contributed by atoms with E-state index in [2.05, 4.69) is 26.8 Å². The molecule has 0 N–H and O–H groups in total. The van der Waals surface area contributed by atoms with Gasteiger partial charge in [-0.05, 0) is 24.7 Å². The van der Waals surface area contributed by atoms with Crippen LogP contribution >= 0.6 is 11.6 Å². The Labute approximate surface area is 81.0 Å². The van der Waals surface area contributed by atoms with Gasteiger partial charge in [0.1, 0.15) is 0 Å². The number of alkyl halides is 1. The van der Waals surface area contributed by atoms with Gasteiger partial charge in [-0.2, -0.15) is 0 Å². The average Bonchev–Trinajstić information content (AvgIpc) is 2.11. The van der Waals surface area contributed by atoms with E-state index in [1.165, 1.54) is 19.3 Å². The van der Waals surface area contributed by atoms with Crippen LogP contribution in [0.4, 0.5) is 0 Å². The molecule has 0 nitrogen and oxygen atoms in total. The highest BCUT2D eigenvalue weighted by atomic mass is 35.5. The van der Waals surface area contributed by atoms with Gasteiger partial charge in [0.25, 0.3) is 0 Å². The smallest absolute Gasteiger partial charge is 0.0518 e. The van der Waals surface area contributed by atoms with Crippen LogP contribution in [-0.4, -0.2) is 5.38 Å². The average molecular weight is 187 g/mol. The van der Waals surface area contributed by atoms with Crippen molar-refractivity contribution in [3.8, 4) is 0 Å². The quantitative estimate of drug-likeness (QED) is 0.394. The maximum absolute atomic E-state index is 6.15. The molecule has 1 atom stereocenters. The lowest BCUT2D eigenvalue weighted by molar-refractivity contribution is 0.478. The summed E-state index contributed by atoms with van der Waals surface area (Å²) >= 11 is 6.15. The van der Waals surface area contributed by atoms with Gasteiger partial charge < -0.3 is 0 Å². The Bertz CT molecular complexity index is 174. The third kappa shape index (κ3) is 2.82. The molecule has 0 aliphatic heterocycles. The summed E-state index contributed by atoms with van der Waals surface area (Å²) in [4.78, 5) is 0. The molecule has 1 heteroatoms. The Morgan fingerprint density at radius 2 is 2.00 bits per heavy atom. The maximum atomic E-state index is 6.15. The molecule has 0 saturated heterocycles. The van der Waals surface area contributed by atoms with Gasteiger partial charge in [-0.3, -0.25) is 0 Å². The van der Waals surface area contributed by atoms with Gasteiger partial charge in [-0.1, -0.05) is 38.8 Å². The monoisotopic (exact) mass is 186 g/mol. The highest BCUT2D eigenvalue weighted by molar-refractivity contribution is 6.21. The fraction of sp³-hybridized carbons (Fsp3) is 0.818. The third-order valence-corrected chi connectivity index (χ3v) is 2.87. The standard InChI is InChI=1S/C11H19Cl/c1-11(2,3)9-6-4-5-7-10(12)8-9/h8,10H,4-7H2,1-3H3. The Hall–Kier alpha value is 0.0300. The number of allylic oxidation sites excluding steroid dienone is 2. The van der Waals surface area contributed by atoms with Crippen molar-refractivity contribution in [2.24, 2.45) is 5.41 Å². The van der Waals surface area contributed by atoms with Gasteiger partial charge in [-0.15, -0.1) is 11.6 Å². The second-order valence-electron chi connectivity index (χ2n) is 4.70. The summed E-state index contributed by atoms with van der Waals surface area (Å²) in [6.45, 7) is 6.81. The minimum absolute atomic E-state index is 0.279. The molecule has 1 aliphatic rings. The van der Waals surface area contributed by atoms with Gasteiger partial charge in [0.2, 0.25) is 0 Å². The van der Waals surface area contributed by atoms with Crippen LogP contribution in [0.1, 0.15) is 46.5 Å². The van der Waals surface area contributed by atoms with Crippen molar-refractivity contribution >= 4 is 11.6 Å². The van der Waals surface area contributed by atoms with Crippen LogP contribution in [0.2, 0.25) is 0 Å². The molecule has 0 aromatic heterocycles. The summed E-state index contributed by atoms with van der Waals surface area (Å²) in [5.74, 6) is 0. The first-order valence-electron chi connectivity index (χ1n) is 4.85. The minimum atomic E-state index is 0.279. The molecular formula is C11H19Cl. The molecule has 0 amide bonds. The molecule has 12 heavy (non-hydrogen) atoms. The van der Waals surface area contributed by atoms with E-state index >= 15 is 0 Å². The van der Waals surface area contributed by atoms with Crippen molar-refractivity contribution in [2.45, 2.75) is 51.8 Å². The zero-order valence-corrected chi connectivity index (χ0v) is 9.12. The van der Waals surface area contributed by atoms with Crippen LogP contribution in [0.25, 0.3) is 0 Å². The van der Waals surface area contributed by atoms with E-state index in [-0.39, 0.29) is 5.38 Å². The van der Waals surface area contributed by atoms with Crippen LogP contribution in [-0.2, 0) is 0 Å². The first-order chi connectivity index (χ1) is 5.50. The molecule has 1 aliphatic carbocycles. The first kappa shape index (κ1) is 10.1. The lowest BCUT2D eigenvalue weighted by Gasteiger charge is -2.22. The molecule has 0 spiro atoms. The zero-order valence-electron chi connectivity index (χ0n) is 8.36. The normalized spacial score (nSPS) is 26.3. The van der Waals surface area contributed by atoms with Crippen LogP contribution in [0.15, 0.2) is 11.6 Å². The Balaban J connectivity index is 2.73. The van der Waals surface area contributed by atoms with Crippen molar-refractivity contribution in [1.82, 2.24) is 0 Å². The topological polar surface area (TPSA) is 0 Å². The first-order valence-corrected chi connectivity index (χ1v) is 5.29. The highest BCUT2D eigenvalue weighted by Gasteiger charge is 2.19. The molecule has 0 fully saturated rings. The summed E-state index contributed by atoms with van der Waals surface area (Å²) in [6.07, 6.45) is 7.26. The molecule has 1 rings (SSSR count). The molecule has 0 aromatic carbocycles. The van der Waals surface area contributed by atoms with Crippen LogP contribution in [0, 0.1) is 5.41 Å². The lowest BCUT2D eigenvalue weighted by atomic mass is 9.84. The van der Waals surface area contributed by atoms with E-state index in [1.54, 1.807) is 5.57 Å². The molecule has 70 valence electrons. The predicted molar refractivity (Wildman–Crippen MR) is 55.6 cm³/mol. The third-order valence-electron chi connectivity index (χ3n) is 2.52. The predicted octanol–water partition coefficient (Wildman–Crippen LogP) is 4.14. The van der Waals surface area contributed by atoms with E-state index < -0.39 is 0 Å². The Kier molecular flexibility index (Phi) is 3.22. The van der Waals surface area contributed by atoms with Crippen LogP contribution in [0.5, 0.6) is 0 Å². The Morgan fingerprint density at radius 3 is 2.58 bits per heavy atom. The van der Waals surface area contributed by atoms with Gasteiger partial charge in [0.05, 0.1) is 5.38 Å². The SMILES string of the molecule is CC(C)(C)C1=CC(Cl)CCCC1. The van der Waals surface area contributed by atoms with Gasteiger partial charge in [0, 0.05) is 0 Å². The summed E-state index contributed by atoms with van der Waals surface area (Å²) in [5, 5.41) is 0.279. The zero-order chi connectivity index (χ0) is 9.19. The van der Waals surface area contributed by atoms with E-state index in [9.17, 15) is 0 Å². The molecule has 0 radical (unpaired) electrons. The summed E-state index contributed by atoms with van der Waals surface area (Å²) in [7, 11) is 0. The van der Waals surface area contributed by atoms with Crippen molar-refractivity contribution in [1.29, 1.82) is 0 Å². The summed E-state index contributed by atoms with van der Waals surface area (Å²) in [5.41, 5.74) is 1.86. The fourth-order valence-corrected chi connectivity index (χ4v) is 1.97. The largest absolute Gasteiger partial charge is 0.118 e. The lowest BCUT2D eigenvalue weighted by Crippen LogP contribution is -2.10. The van der Waals surface area contributed by atoms with E-state index in [4.69, 9.17) is 11.6 Å². The molecule has 1 unspecified atom stereocenters. The Morgan fingerprint density at radius 1 is 1.33 bits per heavy atom. The molecule has 0 heterocycles. The summed E-state index contributed by atoms with van der Waals surface area (Å²) in [6, 6.07) is 0. The number of halogens is 1. The maximum Gasteiger partial charge on any atom is 0.0518 e. The number of hydrogen-bond donors (Lipinski definition) is 0. The molecular weight excluding hydrogens is 168 g/mol.